The Bertz CT molecular complexity index is 389. The van der Waals surface area contributed by atoms with Crippen molar-refractivity contribution in [3.05, 3.63) is 11.9 Å². The second kappa shape index (κ2) is 8.21. The predicted molar refractivity (Wildman–Crippen MR) is 76.3 cm³/mol. The van der Waals surface area contributed by atoms with Gasteiger partial charge in [-0.1, -0.05) is 0 Å². The number of nitrogens with zero attached hydrogens (tertiary/aromatic N) is 2. The van der Waals surface area contributed by atoms with Gasteiger partial charge >= 0.3 is 0 Å². The van der Waals surface area contributed by atoms with Crippen LogP contribution in [0.2, 0.25) is 0 Å². The van der Waals surface area contributed by atoms with Crippen LogP contribution >= 0.6 is 0 Å². The predicted octanol–water partition coefficient (Wildman–Crippen LogP) is 1.38. The molecule has 116 valence electrons. The normalized spacial score (nSPS) is 13.2. The maximum absolute atomic E-state index is 5.71. The average Bonchev–Trinajstić information content (AvgIpc) is 2.84. The molecule has 0 aliphatic heterocycles. The van der Waals surface area contributed by atoms with Crippen molar-refractivity contribution in [2.24, 2.45) is 5.84 Å². The molecule has 1 aromatic rings. The van der Waals surface area contributed by atoms with Crippen LogP contribution in [0.5, 0.6) is 5.75 Å². The van der Waals surface area contributed by atoms with E-state index in [1.165, 1.54) is 0 Å². The summed E-state index contributed by atoms with van der Waals surface area (Å²) in [5, 5.41) is 4.34. The molecule has 0 aromatic carbocycles. The Labute approximate surface area is 120 Å². The summed E-state index contributed by atoms with van der Waals surface area (Å²) >= 11 is 0. The Morgan fingerprint density at radius 1 is 1.30 bits per heavy atom. The highest BCUT2D eigenvalue weighted by molar-refractivity contribution is 5.29. The molecule has 0 fully saturated rings. The summed E-state index contributed by atoms with van der Waals surface area (Å²) in [5.41, 5.74) is 3.57. The summed E-state index contributed by atoms with van der Waals surface area (Å²) in [5.74, 6) is 6.37. The van der Waals surface area contributed by atoms with Gasteiger partial charge in [-0.15, -0.1) is 0 Å². The van der Waals surface area contributed by atoms with Crippen molar-refractivity contribution in [2.45, 2.75) is 46.1 Å². The number of hydrogen-bond donors (Lipinski definition) is 2. The van der Waals surface area contributed by atoms with Gasteiger partial charge < -0.3 is 14.2 Å². The number of methoxy groups -OCH3 is 1. The molecule has 1 unspecified atom stereocenters. The minimum absolute atomic E-state index is 0.175. The molecule has 0 aliphatic carbocycles. The quantitative estimate of drug-likeness (QED) is 0.405. The molecule has 1 atom stereocenters. The molecule has 1 rings (SSSR count). The largest absolute Gasteiger partial charge is 0.493 e. The lowest BCUT2D eigenvalue weighted by Gasteiger charge is -2.28. The molecule has 0 bridgehead atoms. The van der Waals surface area contributed by atoms with Crippen LogP contribution < -0.4 is 16.0 Å². The van der Waals surface area contributed by atoms with Gasteiger partial charge in [-0.25, -0.2) is 5.43 Å². The van der Waals surface area contributed by atoms with Gasteiger partial charge in [-0.3, -0.25) is 10.5 Å². The van der Waals surface area contributed by atoms with Gasteiger partial charge in [0.1, 0.15) is 11.7 Å². The van der Waals surface area contributed by atoms with Crippen LogP contribution in [-0.4, -0.2) is 36.4 Å². The third-order valence-electron chi connectivity index (χ3n) is 2.92. The molecule has 1 heterocycles. The number of hydrazine groups is 1. The van der Waals surface area contributed by atoms with Crippen LogP contribution in [0.25, 0.3) is 0 Å². The number of hydrogen-bond acceptors (Lipinski definition) is 6. The van der Waals surface area contributed by atoms with E-state index < -0.39 is 6.29 Å². The third kappa shape index (κ3) is 3.69. The molecule has 3 N–H and O–H groups in total. The van der Waals surface area contributed by atoms with Crippen LogP contribution in [-0.2, 0) is 9.47 Å². The average molecular weight is 286 g/mol. The van der Waals surface area contributed by atoms with Crippen molar-refractivity contribution in [2.75, 3.05) is 20.3 Å². The topological polar surface area (TPSA) is 83.6 Å². The Hall–Kier alpha value is -1.15. The van der Waals surface area contributed by atoms with E-state index in [9.17, 15) is 0 Å². The van der Waals surface area contributed by atoms with E-state index in [4.69, 9.17) is 20.1 Å². The van der Waals surface area contributed by atoms with Gasteiger partial charge in [0.05, 0.1) is 13.3 Å². The smallest absolute Gasteiger partial charge is 0.179 e. The number of nitrogens with two attached hydrogens (primary N) is 1. The molecule has 7 nitrogen and oxygen atoms in total. The summed E-state index contributed by atoms with van der Waals surface area (Å²) < 4.78 is 18.5. The molecule has 1 aromatic heterocycles. The fourth-order valence-electron chi connectivity index (χ4n) is 2.08. The fourth-order valence-corrected chi connectivity index (χ4v) is 2.08. The van der Waals surface area contributed by atoms with Crippen LogP contribution in [0.3, 0.4) is 0 Å². The van der Waals surface area contributed by atoms with Crippen LogP contribution in [0.4, 0.5) is 0 Å². The molecule has 0 spiro atoms. The summed E-state index contributed by atoms with van der Waals surface area (Å²) in [6.07, 6.45) is 1.17. The van der Waals surface area contributed by atoms with Gasteiger partial charge in [-0.05, 0) is 27.7 Å². The lowest BCUT2D eigenvalue weighted by Crippen LogP contribution is -2.41. The van der Waals surface area contributed by atoms with Gasteiger partial charge in [-0.2, -0.15) is 5.10 Å². The lowest BCUT2D eigenvalue weighted by molar-refractivity contribution is -0.156. The molecule has 0 saturated heterocycles. The first-order valence-electron chi connectivity index (χ1n) is 6.91. The number of ether oxygens (including phenoxy) is 3. The lowest BCUT2D eigenvalue weighted by atomic mass is 10.1. The zero-order chi connectivity index (χ0) is 15.1. The Morgan fingerprint density at radius 2 is 1.90 bits per heavy atom. The molecule has 7 heteroatoms. The van der Waals surface area contributed by atoms with E-state index in [0.29, 0.717) is 19.0 Å². The summed E-state index contributed by atoms with van der Waals surface area (Å²) in [7, 11) is 1.61. The van der Waals surface area contributed by atoms with Gasteiger partial charge in [0.25, 0.3) is 0 Å². The third-order valence-corrected chi connectivity index (χ3v) is 2.92. The standard InChI is InChI=1S/C13H26N4O3/c1-6-19-13(20-7-2)11(16-14)12-10(18-5)8-15-17(12)9(3)4/h8-9,11,13,16H,6-7,14H2,1-5H3. The first-order chi connectivity index (χ1) is 9.60. The fraction of sp³-hybridized carbons (Fsp3) is 0.769. The van der Waals surface area contributed by atoms with Gasteiger partial charge in [0, 0.05) is 19.3 Å². The first kappa shape index (κ1) is 16.9. The van der Waals surface area contributed by atoms with E-state index in [2.05, 4.69) is 10.5 Å². The SMILES string of the molecule is CCOC(OCC)C(NN)c1c(OC)cnn1C(C)C. The van der Waals surface area contributed by atoms with E-state index in [1.807, 2.05) is 32.4 Å². The molecule has 0 radical (unpaired) electrons. The molecule has 0 aliphatic rings. The summed E-state index contributed by atoms with van der Waals surface area (Å²) in [6.45, 7) is 8.97. The van der Waals surface area contributed by atoms with Crippen LogP contribution in [0, 0.1) is 0 Å². The maximum Gasteiger partial charge on any atom is 0.179 e. The van der Waals surface area contributed by atoms with Crippen molar-refractivity contribution in [3.8, 4) is 5.75 Å². The number of aromatic nitrogens is 2. The Kier molecular flexibility index (Phi) is 6.94. The Morgan fingerprint density at radius 3 is 2.30 bits per heavy atom. The molecular weight excluding hydrogens is 260 g/mol. The maximum atomic E-state index is 5.71. The van der Waals surface area contributed by atoms with Crippen LogP contribution in [0.1, 0.15) is 45.5 Å². The van der Waals surface area contributed by atoms with Crippen molar-refractivity contribution in [1.82, 2.24) is 15.2 Å². The Balaban J connectivity index is 3.17. The molecule has 20 heavy (non-hydrogen) atoms. The molecule has 0 saturated carbocycles. The van der Waals surface area contributed by atoms with E-state index in [1.54, 1.807) is 13.3 Å². The van der Waals surface area contributed by atoms with E-state index in [0.717, 1.165) is 5.69 Å². The molecular formula is C13H26N4O3. The van der Waals surface area contributed by atoms with Gasteiger partial charge in [0.2, 0.25) is 0 Å². The highest BCUT2D eigenvalue weighted by Gasteiger charge is 2.30. The zero-order valence-corrected chi connectivity index (χ0v) is 12.9. The summed E-state index contributed by atoms with van der Waals surface area (Å²) in [4.78, 5) is 0. The minimum Gasteiger partial charge on any atom is -0.493 e. The second-order valence-corrected chi connectivity index (χ2v) is 4.56. The highest BCUT2D eigenvalue weighted by Crippen LogP contribution is 2.30. The van der Waals surface area contributed by atoms with Crippen molar-refractivity contribution >= 4 is 0 Å². The summed E-state index contributed by atoms with van der Waals surface area (Å²) in [6, 6.07) is -0.191. The number of rotatable bonds is 9. The zero-order valence-electron chi connectivity index (χ0n) is 12.9. The van der Waals surface area contributed by atoms with Gasteiger partial charge in [0.15, 0.2) is 12.0 Å². The minimum atomic E-state index is -0.502. The highest BCUT2D eigenvalue weighted by atomic mass is 16.7. The van der Waals surface area contributed by atoms with E-state index >= 15 is 0 Å². The first-order valence-corrected chi connectivity index (χ1v) is 6.91. The monoisotopic (exact) mass is 286 g/mol. The second-order valence-electron chi connectivity index (χ2n) is 4.56. The number of nitrogens with one attached hydrogen (secondary N) is 1. The molecule has 0 amide bonds. The van der Waals surface area contributed by atoms with Crippen molar-refractivity contribution in [1.29, 1.82) is 0 Å². The van der Waals surface area contributed by atoms with Crippen molar-refractivity contribution < 1.29 is 14.2 Å². The van der Waals surface area contributed by atoms with Crippen molar-refractivity contribution in [3.63, 3.8) is 0 Å². The van der Waals surface area contributed by atoms with E-state index in [-0.39, 0.29) is 12.1 Å². The van der Waals surface area contributed by atoms with Crippen LogP contribution in [0.15, 0.2) is 6.20 Å².